The molecular weight excluding hydrogens is 416 g/mol. The zero-order valence-electron chi connectivity index (χ0n) is 20.1. The van der Waals surface area contributed by atoms with Crippen LogP contribution in [0.25, 0.3) is 5.57 Å². The van der Waals surface area contributed by atoms with E-state index in [1.165, 1.54) is 4.90 Å². The summed E-state index contributed by atoms with van der Waals surface area (Å²) in [6.45, 7) is 8.18. The summed E-state index contributed by atoms with van der Waals surface area (Å²) in [5, 5.41) is 0. The quantitative estimate of drug-likeness (QED) is 0.618. The third-order valence-electron chi connectivity index (χ3n) is 6.46. The van der Waals surface area contributed by atoms with Gasteiger partial charge in [-0.15, -0.1) is 0 Å². The number of hydrogen-bond acceptors (Lipinski definition) is 5. The van der Waals surface area contributed by atoms with E-state index in [9.17, 15) is 9.59 Å². The van der Waals surface area contributed by atoms with E-state index in [4.69, 9.17) is 9.47 Å². The van der Waals surface area contributed by atoms with E-state index in [0.717, 1.165) is 30.6 Å². The van der Waals surface area contributed by atoms with Crippen LogP contribution in [0, 0.1) is 18.8 Å². The van der Waals surface area contributed by atoms with Crippen LogP contribution in [-0.4, -0.2) is 48.9 Å². The molecule has 2 heterocycles. The number of aryl methyl sites for hydroxylation is 1. The summed E-state index contributed by atoms with van der Waals surface area (Å²) in [7, 11) is 3.14. The number of amides is 2. The van der Waals surface area contributed by atoms with Crippen molar-refractivity contribution in [3.8, 4) is 11.5 Å². The standard InChI is InChI=1S/C27H32N2O4/c1-17-6-8-20(9-7-17)16-29-26(30)24(21-10-11-22(32-4)23(13-21)33-5)25(27(29)31)28-14-18(2)12-19(3)15-28/h6-11,13,18-19H,12,14-16H2,1-5H3. The van der Waals surface area contributed by atoms with E-state index >= 15 is 0 Å². The van der Waals surface area contributed by atoms with Crippen molar-refractivity contribution in [2.45, 2.75) is 33.7 Å². The minimum absolute atomic E-state index is 0.230. The van der Waals surface area contributed by atoms with Gasteiger partial charge in [0.2, 0.25) is 0 Å². The zero-order valence-corrected chi connectivity index (χ0v) is 20.1. The molecule has 2 aromatic rings. The third-order valence-corrected chi connectivity index (χ3v) is 6.46. The number of hydrogen-bond donors (Lipinski definition) is 0. The van der Waals surface area contributed by atoms with Gasteiger partial charge in [0, 0.05) is 13.1 Å². The Morgan fingerprint density at radius 2 is 1.52 bits per heavy atom. The number of likely N-dealkylation sites (tertiary alicyclic amines) is 1. The number of piperidine rings is 1. The molecule has 0 aliphatic carbocycles. The van der Waals surface area contributed by atoms with Gasteiger partial charge < -0.3 is 14.4 Å². The maximum Gasteiger partial charge on any atom is 0.278 e. The lowest BCUT2D eigenvalue weighted by atomic mass is 9.91. The first-order valence-electron chi connectivity index (χ1n) is 11.5. The predicted molar refractivity (Wildman–Crippen MR) is 128 cm³/mol. The molecule has 0 bridgehead atoms. The molecule has 0 N–H and O–H groups in total. The third kappa shape index (κ3) is 4.47. The SMILES string of the molecule is COc1ccc(C2=C(N3CC(C)CC(C)C3)C(=O)N(Cc3ccc(C)cc3)C2=O)cc1OC. The smallest absolute Gasteiger partial charge is 0.278 e. The number of rotatable bonds is 6. The van der Waals surface area contributed by atoms with Crippen LogP contribution in [0.1, 0.15) is 37.0 Å². The van der Waals surface area contributed by atoms with Gasteiger partial charge in [0.15, 0.2) is 11.5 Å². The van der Waals surface area contributed by atoms with E-state index in [1.54, 1.807) is 26.4 Å². The van der Waals surface area contributed by atoms with E-state index in [2.05, 4.69) is 18.7 Å². The highest BCUT2D eigenvalue weighted by Gasteiger charge is 2.43. The molecule has 6 nitrogen and oxygen atoms in total. The fourth-order valence-electron chi connectivity index (χ4n) is 4.97. The lowest BCUT2D eigenvalue weighted by Crippen LogP contribution is -2.41. The van der Waals surface area contributed by atoms with Crippen LogP contribution in [0.5, 0.6) is 11.5 Å². The van der Waals surface area contributed by atoms with Crippen LogP contribution in [0.15, 0.2) is 48.2 Å². The van der Waals surface area contributed by atoms with Gasteiger partial charge in [-0.25, -0.2) is 0 Å². The van der Waals surface area contributed by atoms with E-state index in [1.807, 2.05) is 37.3 Å². The minimum atomic E-state index is -0.270. The van der Waals surface area contributed by atoms with Crippen molar-refractivity contribution in [1.82, 2.24) is 9.80 Å². The van der Waals surface area contributed by atoms with E-state index < -0.39 is 0 Å². The second-order valence-electron chi connectivity index (χ2n) is 9.33. The number of methoxy groups -OCH3 is 2. The van der Waals surface area contributed by atoms with Gasteiger partial charge in [-0.2, -0.15) is 0 Å². The molecular formula is C27H32N2O4. The number of benzene rings is 2. The number of imide groups is 1. The summed E-state index contributed by atoms with van der Waals surface area (Å²) in [6, 6.07) is 13.3. The highest BCUT2D eigenvalue weighted by molar-refractivity contribution is 6.35. The maximum absolute atomic E-state index is 13.7. The second-order valence-corrected chi connectivity index (χ2v) is 9.33. The maximum atomic E-state index is 13.7. The highest BCUT2D eigenvalue weighted by Crippen LogP contribution is 2.38. The Kier molecular flexibility index (Phi) is 6.45. The fourth-order valence-corrected chi connectivity index (χ4v) is 4.97. The Morgan fingerprint density at radius 1 is 0.879 bits per heavy atom. The Labute approximate surface area is 195 Å². The van der Waals surface area contributed by atoms with Gasteiger partial charge >= 0.3 is 0 Å². The first-order valence-corrected chi connectivity index (χ1v) is 11.5. The molecule has 6 heteroatoms. The molecule has 1 fully saturated rings. The topological polar surface area (TPSA) is 59.1 Å². The normalized spacial score (nSPS) is 21.1. The Bertz CT molecular complexity index is 1080. The largest absolute Gasteiger partial charge is 0.493 e. The highest BCUT2D eigenvalue weighted by atomic mass is 16.5. The molecule has 0 radical (unpaired) electrons. The van der Waals surface area contributed by atoms with Crippen molar-refractivity contribution >= 4 is 17.4 Å². The van der Waals surface area contributed by atoms with Gasteiger partial charge in [0.1, 0.15) is 5.70 Å². The van der Waals surface area contributed by atoms with Crippen molar-refractivity contribution < 1.29 is 19.1 Å². The summed E-state index contributed by atoms with van der Waals surface area (Å²) in [4.78, 5) is 30.9. The first-order chi connectivity index (χ1) is 15.8. The van der Waals surface area contributed by atoms with Crippen LogP contribution >= 0.6 is 0 Å². The number of ether oxygens (including phenoxy) is 2. The lowest BCUT2D eigenvalue weighted by molar-refractivity contribution is -0.138. The van der Waals surface area contributed by atoms with Gasteiger partial charge in [0.05, 0.1) is 26.3 Å². The van der Waals surface area contributed by atoms with Crippen molar-refractivity contribution in [2.24, 2.45) is 11.8 Å². The van der Waals surface area contributed by atoms with Crippen molar-refractivity contribution in [3.63, 3.8) is 0 Å². The average molecular weight is 449 g/mol. The predicted octanol–water partition coefficient (Wildman–Crippen LogP) is 4.27. The molecule has 4 rings (SSSR count). The molecule has 2 aromatic carbocycles. The lowest BCUT2D eigenvalue weighted by Gasteiger charge is -2.37. The van der Waals surface area contributed by atoms with Gasteiger partial charge in [-0.3, -0.25) is 14.5 Å². The van der Waals surface area contributed by atoms with Crippen LogP contribution in [0.4, 0.5) is 0 Å². The molecule has 2 aliphatic rings. The van der Waals surface area contributed by atoms with E-state index in [0.29, 0.717) is 40.2 Å². The Balaban J connectivity index is 1.78. The molecule has 1 saturated heterocycles. The Hall–Kier alpha value is -3.28. The molecule has 0 spiro atoms. The van der Waals surface area contributed by atoms with E-state index in [-0.39, 0.29) is 18.4 Å². The van der Waals surface area contributed by atoms with Crippen LogP contribution in [0.3, 0.4) is 0 Å². The second kappa shape index (κ2) is 9.30. The van der Waals surface area contributed by atoms with Gasteiger partial charge in [0.25, 0.3) is 11.8 Å². The molecule has 2 aliphatic heterocycles. The molecule has 0 aromatic heterocycles. The zero-order chi connectivity index (χ0) is 23.7. The molecule has 174 valence electrons. The Morgan fingerprint density at radius 3 is 2.12 bits per heavy atom. The summed E-state index contributed by atoms with van der Waals surface area (Å²) >= 11 is 0. The van der Waals surface area contributed by atoms with Gasteiger partial charge in [-0.05, 0) is 48.4 Å². The molecule has 2 atom stereocenters. The van der Waals surface area contributed by atoms with Crippen LogP contribution in [0.2, 0.25) is 0 Å². The van der Waals surface area contributed by atoms with Crippen molar-refractivity contribution in [3.05, 3.63) is 64.9 Å². The van der Waals surface area contributed by atoms with Crippen molar-refractivity contribution in [1.29, 1.82) is 0 Å². The average Bonchev–Trinajstić information content (AvgIpc) is 3.04. The van der Waals surface area contributed by atoms with Crippen LogP contribution in [-0.2, 0) is 16.1 Å². The number of carbonyl (C=O) groups excluding carboxylic acids is 2. The van der Waals surface area contributed by atoms with Crippen LogP contribution < -0.4 is 9.47 Å². The number of nitrogens with zero attached hydrogens (tertiary/aromatic N) is 2. The summed E-state index contributed by atoms with van der Waals surface area (Å²) in [5.41, 5.74) is 3.67. The number of carbonyl (C=O) groups is 2. The fraction of sp³-hybridized carbons (Fsp3) is 0.407. The summed E-state index contributed by atoms with van der Waals surface area (Å²) < 4.78 is 10.8. The molecule has 2 unspecified atom stereocenters. The minimum Gasteiger partial charge on any atom is -0.493 e. The van der Waals surface area contributed by atoms with Gasteiger partial charge in [-0.1, -0.05) is 49.7 Å². The summed E-state index contributed by atoms with van der Waals surface area (Å²) in [5.74, 6) is 1.50. The molecule has 33 heavy (non-hydrogen) atoms. The first kappa shape index (κ1) is 22.9. The summed E-state index contributed by atoms with van der Waals surface area (Å²) in [6.07, 6.45) is 1.12. The molecule has 2 amide bonds. The monoisotopic (exact) mass is 448 g/mol. The molecule has 0 saturated carbocycles. The van der Waals surface area contributed by atoms with Crippen molar-refractivity contribution in [2.75, 3.05) is 27.3 Å².